The summed E-state index contributed by atoms with van der Waals surface area (Å²) in [6.07, 6.45) is -5.83. The number of likely N-dealkylation sites (tertiary alicyclic amines) is 1. The first-order valence-corrected chi connectivity index (χ1v) is 12.3. The summed E-state index contributed by atoms with van der Waals surface area (Å²) in [7, 11) is -3.06. The van der Waals surface area contributed by atoms with Crippen molar-refractivity contribution in [2.45, 2.75) is 64.5 Å². The lowest BCUT2D eigenvalue weighted by Crippen LogP contribution is -2.54. The Morgan fingerprint density at radius 3 is 1.89 bits per heavy atom. The minimum atomic E-state index is -5.08. The third kappa shape index (κ3) is 10.7. The van der Waals surface area contributed by atoms with Crippen molar-refractivity contribution in [2.24, 2.45) is 5.41 Å². The van der Waals surface area contributed by atoms with Crippen molar-refractivity contribution in [1.82, 2.24) is 19.8 Å². The van der Waals surface area contributed by atoms with Gasteiger partial charge in [0.15, 0.2) is 0 Å². The SMILES string of the molecule is CCS(=O)(=O)NC1CC2(CCN(Cc3cc(C)[nH]n3)CC2)C1.O=C(O)C(F)(F)F.O=C(O)C(F)(F)F. The number of nitrogens with one attached hydrogen (secondary N) is 2. The summed E-state index contributed by atoms with van der Waals surface area (Å²) in [4.78, 5) is 20.2. The van der Waals surface area contributed by atoms with Crippen LogP contribution >= 0.6 is 0 Å². The molecule has 0 radical (unpaired) electrons. The van der Waals surface area contributed by atoms with Crippen LogP contribution in [0.15, 0.2) is 6.07 Å². The smallest absolute Gasteiger partial charge is 0.475 e. The Kier molecular flexibility index (Phi) is 10.7. The van der Waals surface area contributed by atoms with Gasteiger partial charge in [0.1, 0.15) is 0 Å². The molecule has 4 N–H and O–H groups in total. The van der Waals surface area contributed by atoms with E-state index < -0.39 is 34.3 Å². The van der Waals surface area contributed by atoms with E-state index in [1.54, 1.807) is 6.92 Å². The van der Waals surface area contributed by atoms with Crippen LogP contribution in [0.5, 0.6) is 0 Å². The van der Waals surface area contributed by atoms with Crippen molar-refractivity contribution in [3.05, 3.63) is 17.5 Å². The van der Waals surface area contributed by atoms with Crippen molar-refractivity contribution >= 4 is 22.0 Å². The van der Waals surface area contributed by atoms with Crippen LogP contribution in [0.2, 0.25) is 0 Å². The first-order chi connectivity index (χ1) is 16.3. The van der Waals surface area contributed by atoms with Gasteiger partial charge in [0.25, 0.3) is 0 Å². The lowest BCUT2D eigenvalue weighted by Gasteiger charge is -2.52. The maximum Gasteiger partial charge on any atom is 0.490 e. The van der Waals surface area contributed by atoms with E-state index in [9.17, 15) is 34.8 Å². The Bertz CT molecular complexity index is 955. The number of aryl methyl sites for hydroxylation is 1. The van der Waals surface area contributed by atoms with E-state index in [2.05, 4.69) is 25.9 Å². The van der Waals surface area contributed by atoms with E-state index >= 15 is 0 Å². The molecule has 2 fully saturated rings. The number of piperidine rings is 1. The summed E-state index contributed by atoms with van der Waals surface area (Å²) >= 11 is 0. The molecule has 0 unspecified atom stereocenters. The molecule has 17 heteroatoms. The number of aliphatic carboxylic acids is 2. The van der Waals surface area contributed by atoms with E-state index in [1.165, 1.54) is 12.8 Å². The highest BCUT2D eigenvalue weighted by molar-refractivity contribution is 7.89. The molecule has 1 aliphatic carbocycles. The van der Waals surface area contributed by atoms with E-state index in [0.29, 0.717) is 5.41 Å². The lowest BCUT2D eigenvalue weighted by molar-refractivity contribution is -0.193. The van der Waals surface area contributed by atoms with Crippen LogP contribution in [0.4, 0.5) is 26.3 Å². The van der Waals surface area contributed by atoms with Gasteiger partial charge in [-0.3, -0.25) is 10.00 Å². The number of hydrogen-bond donors (Lipinski definition) is 4. The molecular formula is C19H28F6N4O6S. The van der Waals surface area contributed by atoms with Crippen molar-refractivity contribution < 1.29 is 54.6 Å². The highest BCUT2D eigenvalue weighted by atomic mass is 32.2. The van der Waals surface area contributed by atoms with E-state index in [0.717, 1.165) is 43.9 Å². The van der Waals surface area contributed by atoms with Crippen molar-refractivity contribution in [3.8, 4) is 0 Å². The van der Waals surface area contributed by atoms with Crippen LogP contribution in [-0.4, -0.2) is 82.9 Å². The van der Waals surface area contributed by atoms with Crippen LogP contribution < -0.4 is 4.72 Å². The molecule has 1 saturated carbocycles. The fourth-order valence-corrected chi connectivity index (χ4v) is 4.63. The molecule has 1 aromatic heterocycles. The molecule has 0 amide bonds. The molecule has 0 aromatic carbocycles. The average Bonchev–Trinajstić information content (AvgIpc) is 3.12. The van der Waals surface area contributed by atoms with Crippen LogP contribution in [-0.2, 0) is 26.2 Å². The highest BCUT2D eigenvalue weighted by Gasteiger charge is 2.46. The topological polar surface area (TPSA) is 153 Å². The monoisotopic (exact) mass is 554 g/mol. The number of alkyl halides is 6. The fraction of sp³-hybridized carbons (Fsp3) is 0.737. The normalized spacial score (nSPS) is 18.3. The Balaban J connectivity index is 0.000000383. The van der Waals surface area contributed by atoms with Gasteiger partial charge in [-0.15, -0.1) is 0 Å². The molecule has 1 aliphatic heterocycles. The molecule has 10 nitrogen and oxygen atoms in total. The Labute approximate surface area is 203 Å². The number of carboxylic acids is 2. The van der Waals surface area contributed by atoms with Crippen molar-refractivity contribution in [3.63, 3.8) is 0 Å². The van der Waals surface area contributed by atoms with Crippen molar-refractivity contribution in [1.29, 1.82) is 0 Å². The number of carboxylic acid groups (broad SMARTS) is 2. The highest BCUT2D eigenvalue weighted by Crippen LogP contribution is 2.49. The molecule has 208 valence electrons. The number of H-pyrrole nitrogens is 1. The molecule has 3 rings (SSSR count). The summed E-state index contributed by atoms with van der Waals surface area (Å²) in [5, 5.41) is 21.5. The number of aromatic amines is 1. The summed E-state index contributed by atoms with van der Waals surface area (Å²) in [5.74, 6) is -5.34. The second-order valence-electron chi connectivity index (χ2n) is 8.55. The molecule has 36 heavy (non-hydrogen) atoms. The molecule has 1 aromatic rings. The minimum Gasteiger partial charge on any atom is -0.475 e. The van der Waals surface area contributed by atoms with Gasteiger partial charge in [0, 0.05) is 18.3 Å². The number of nitrogens with zero attached hydrogens (tertiary/aromatic N) is 2. The summed E-state index contributed by atoms with van der Waals surface area (Å²) in [6, 6.07) is 2.26. The maximum absolute atomic E-state index is 11.6. The number of hydrogen-bond acceptors (Lipinski definition) is 6. The molecule has 1 saturated heterocycles. The van der Waals surface area contributed by atoms with Gasteiger partial charge < -0.3 is 10.2 Å². The van der Waals surface area contributed by atoms with Gasteiger partial charge in [-0.25, -0.2) is 22.7 Å². The Hall–Kier alpha value is -2.40. The zero-order chi connectivity index (χ0) is 27.9. The van der Waals surface area contributed by atoms with Gasteiger partial charge >= 0.3 is 24.3 Å². The first-order valence-electron chi connectivity index (χ1n) is 10.6. The summed E-state index contributed by atoms with van der Waals surface area (Å²) < 4.78 is 89.5. The fourth-order valence-electron chi connectivity index (χ4n) is 3.78. The lowest BCUT2D eigenvalue weighted by atomic mass is 9.61. The first kappa shape index (κ1) is 31.6. The number of aromatic nitrogens is 2. The number of halogens is 6. The van der Waals surface area contributed by atoms with E-state index in [4.69, 9.17) is 19.8 Å². The molecule has 2 aliphatic rings. The van der Waals surface area contributed by atoms with Crippen LogP contribution in [0.3, 0.4) is 0 Å². The van der Waals surface area contributed by atoms with Gasteiger partial charge in [-0.2, -0.15) is 31.4 Å². The molecule has 1 spiro atoms. The van der Waals surface area contributed by atoms with Gasteiger partial charge in [-0.1, -0.05) is 0 Å². The zero-order valence-corrected chi connectivity index (χ0v) is 20.2. The molecule has 2 heterocycles. The third-order valence-corrected chi connectivity index (χ3v) is 7.08. The zero-order valence-electron chi connectivity index (χ0n) is 19.4. The largest absolute Gasteiger partial charge is 0.490 e. The number of rotatable bonds is 5. The maximum atomic E-state index is 11.6. The van der Waals surface area contributed by atoms with Crippen molar-refractivity contribution in [2.75, 3.05) is 18.8 Å². The van der Waals surface area contributed by atoms with Gasteiger partial charge in [0.05, 0.1) is 11.4 Å². The summed E-state index contributed by atoms with van der Waals surface area (Å²) in [5.41, 5.74) is 2.59. The minimum absolute atomic E-state index is 0.158. The second kappa shape index (κ2) is 12.2. The van der Waals surface area contributed by atoms with Crippen LogP contribution in [0.1, 0.15) is 44.0 Å². The van der Waals surface area contributed by atoms with E-state index in [1.807, 2.05) is 6.92 Å². The Morgan fingerprint density at radius 1 is 1.11 bits per heavy atom. The molecule has 0 bridgehead atoms. The quantitative estimate of drug-likeness (QED) is 0.406. The second-order valence-corrected chi connectivity index (χ2v) is 10.6. The van der Waals surface area contributed by atoms with Gasteiger partial charge in [0.2, 0.25) is 10.0 Å². The predicted molar refractivity (Wildman–Crippen MR) is 113 cm³/mol. The van der Waals surface area contributed by atoms with Crippen LogP contribution in [0.25, 0.3) is 0 Å². The van der Waals surface area contributed by atoms with E-state index in [-0.39, 0.29) is 11.8 Å². The van der Waals surface area contributed by atoms with Crippen LogP contribution in [0, 0.1) is 12.3 Å². The summed E-state index contributed by atoms with van der Waals surface area (Å²) in [6.45, 7) is 6.78. The van der Waals surface area contributed by atoms with Gasteiger partial charge in [-0.05, 0) is 64.1 Å². The Morgan fingerprint density at radius 2 is 1.56 bits per heavy atom. The predicted octanol–water partition coefficient (Wildman–Crippen LogP) is 2.67. The molecule has 0 atom stereocenters. The third-order valence-electron chi connectivity index (χ3n) is 5.63. The number of carbonyl (C=O) groups is 2. The molecular weight excluding hydrogens is 526 g/mol. The number of sulfonamides is 1. The standard InChI is InChI=1S/C15H26N4O2S.2C2HF3O2/c1-3-22(20,21)18-14-9-15(10-14)4-6-19(7-5-15)11-13-8-12(2)16-17-13;2*3-2(4,5)1(6)7/h8,14,18H,3-7,9-11H2,1-2H3,(H,16,17);2*(H,6,7). The average molecular weight is 555 g/mol.